The molecule has 0 atom stereocenters. The van der Waals surface area contributed by atoms with Crippen LogP contribution >= 0.6 is 22.9 Å². The van der Waals surface area contributed by atoms with Gasteiger partial charge in [0.25, 0.3) is 5.19 Å². The highest BCUT2D eigenvalue weighted by Gasteiger charge is 2.34. The van der Waals surface area contributed by atoms with Crippen LogP contribution in [-0.4, -0.2) is 10.2 Å². The molecule has 0 saturated heterocycles. The van der Waals surface area contributed by atoms with Crippen LogP contribution in [0.15, 0.2) is 24.3 Å². The maximum Gasteiger partial charge on any atom is 0.419 e. The molecule has 0 saturated carbocycles. The Morgan fingerprint density at radius 1 is 1.22 bits per heavy atom. The van der Waals surface area contributed by atoms with E-state index in [9.17, 15) is 13.2 Å². The van der Waals surface area contributed by atoms with E-state index in [0.29, 0.717) is 5.01 Å². The quantitative estimate of drug-likeness (QED) is 0.800. The zero-order chi connectivity index (χ0) is 13.2. The Bertz CT molecular complexity index is 544. The standard InChI is InChI=1S/C10H6ClF3N2OS/c11-5-8-15-16-9(18-8)17-7-4-2-1-3-6(7)10(12,13)14/h1-4H,5H2. The van der Waals surface area contributed by atoms with Crippen LogP contribution < -0.4 is 4.74 Å². The van der Waals surface area contributed by atoms with Gasteiger partial charge in [-0.15, -0.1) is 16.7 Å². The van der Waals surface area contributed by atoms with Gasteiger partial charge in [-0.1, -0.05) is 28.6 Å². The first-order valence-corrected chi connectivity index (χ1v) is 6.08. The normalized spacial score (nSPS) is 11.6. The lowest BCUT2D eigenvalue weighted by Crippen LogP contribution is -2.06. The third-order valence-corrected chi connectivity index (χ3v) is 3.17. The molecule has 8 heteroatoms. The first-order valence-electron chi connectivity index (χ1n) is 4.73. The van der Waals surface area contributed by atoms with Crippen molar-refractivity contribution in [3.05, 3.63) is 34.8 Å². The molecule has 0 fully saturated rings. The van der Waals surface area contributed by atoms with E-state index in [-0.39, 0.29) is 16.8 Å². The fraction of sp³-hybridized carbons (Fsp3) is 0.200. The summed E-state index contributed by atoms with van der Waals surface area (Å²) in [6.45, 7) is 0. The Morgan fingerprint density at radius 2 is 1.94 bits per heavy atom. The van der Waals surface area contributed by atoms with E-state index in [1.54, 1.807) is 0 Å². The zero-order valence-corrected chi connectivity index (χ0v) is 10.3. The minimum atomic E-state index is -4.48. The molecule has 0 bridgehead atoms. The van der Waals surface area contributed by atoms with Crippen molar-refractivity contribution in [3.63, 3.8) is 0 Å². The van der Waals surface area contributed by atoms with E-state index in [0.717, 1.165) is 17.4 Å². The fourth-order valence-corrected chi connectivity index (χ4v) is 1.99. The molecule has 3 nitrogen and oxygen atoms in total. The van der Waals surface area contributed by atoms with Crippen LogP contribution in [0.1, 0.15) is 10.6 Å². The molecule has 0 N–H and O–H groups in total. The van der Waals surface area contributed by atoms with Gasteiger partial charge in [0.15, 0.2) is 0 Å². The molecule has 0 spiro atoms. The number of halogens is 4. The Hall–Kier alpha value is -1.34. The number of nitrogens with zero attached hydrogens (tertiary/aromatic N) is 2. The van der Waals surface area contributed by atoms with Crippen LogP contribution in [0.5, 0.6) is 10.9 Å². The van der Waals surface area contributed by atoms with E-state index in [1.165, 1.54) is 18.2 Å². The third-order valence-electron chi connectivity index (χ3n) is 1.95. The second kappa shape index (κ2) is 5.11. The molecule has 0 radical (unpaired) electrons. The van der Waals surface area contributed by atoms with E-state index < -0.39 is 11.7 Å². The molecular formula is C10H6ClF3N2OS. The average molecular weight is 295 g/mol. The van der Waals surface area contributed by atoms with Crippen molar-refractivity contribution in [2.75, 3.05) is 0 Å². The molecule has 1 heterocycles. The minimum absolute atomic E-state index is 0.0300. The molecule has 0 aliphatic carbocycles. The predicted molar refractivity (Wildman–Crippen MR) is 61.0 cm³/mol. The van der Waals surface area contributed by atoms with Crippen LogP contribution in [0.3, 0.4) is 0 Å². The average Bonchev–Trinajstić information content (AvgIpc) is 2.76. The van der Waals surface area contributed by atoms with Crippen LogP contribution in [0, 0.1) is 0 Å². The summed E-state index contributed by atoms with van der Waals surface area (Å²) in [5.41, 5.74) is -0.854. The SMILES string of the molecule is FC(F)(F)c1ccccc1Oc1nnc(CCl)s1. The molecule has 1 aromatic carbocycles. The summed E-state index contributed by atoms with van der Waals surface area (Å²) < 4.78 is 43.2. The van der Waals surface area contributed by atoms with Crippen LogP contribution in [-0.2, 0) is 12.1 Å². The molecule has 2 rings (SSSR count). The zero-order valence-electron chi connectivity index (χ0n) is 8.74. The Labute approximate surface area is 109 Å². The van der Waals surface area contributed by atoms with E-state index >= 15 is 0 Å². The molecule has 0 unspecified atom stereocenters. The third kappa shape index (κ3) is 2.91. The number of rotatable bonds is 3. The molecular weight excluding hydrogens is 289 g/mol. The van der Waals surface area contributed by atoms with Crippen LogP contribution in [0.4, 0.5) is 13.2 Å². The first-order chi connectivity index (χ1) is 8.50. The number of hydrogen-bond donors (Lipinski definition) is 0. The molecule has 18 heavy (non-hydrogen) atoms. The van der Waals surface area contributed by atoms with Gasteiger partial charge in [0.05, 0.1) is 11.4 Å². The number of para-hydroxylation sites is 1. The Morgan fingerprint density at radius 3 is 2.56 bits per heavy atom. The second-order valence-electron chi connectivity index (χ2n) is 3.19. The summed E-state index contributed by atoms with van der Waals surface area (Å²) >= 11 is 6.52. The Kier molecular flexibility index (Phi) is 3.72. The lowest BCUT2D eigenvalue weighted by molar-refractivity contribution is -0.138. The largest absolute Gasteiger partial charge is 0.429 e. The smallest absolute Gasteiger partial charge is 0.419 e. The van der Waals surface area contributed by atoms with Crippen LogP contribution in [0.2, 0.25) is 0 Å². The molecule has 2 aromatic rings. The van der Waals surface area contributed by atoms with Crippen molar-refractivity contribution in [2.45, 2.75) is 12.1 Å². The summed E-state index contributed by atoms with van der Waals surface area (Å²) in [6.07, 6.45) is -4.48. The second-order valence-corrected chi connectivity index (χ2v) is 4.48. The van der Waals surface area contributed by atoms with Gasteiger partial charge in [-0.3, -0.25) is 0 Å². The number of hydrogen-bond acceptors (Lipinski definition) is 4. The molecule has 1 aromatic heterocycles. The maximum absolute atomic E-state index is 12.7. The number of ether oxygens (including phenoxy) is 1. The van der Waals surface area contributed by atoms with Gasteiger partial charge in [-0.05, 0) is 12.1 Å². The monoisotopic (exact) mass is 294 g/mol. The van der Waals surface area contributed by atoms with Gasteiger partial charge < -0.3 is 4.74 Å². The summed E-state index contributed by atoms with van der Waals surface area (Å²) in [5, 5.41) is 7.77. The van der Waals surface area contributed by atoms with E-state index in [2.05, 4.69) is 10.2 Å². The van der Waals surface area contributed by atoms with Crippen molar-refractivity contribution >= 4 is 22.9 Å². The lowest BCUT2D eigenvalue weighted by atomic mass is 10.2. The lowest BCUT2D eigenvalue weighted by Gasteiger charge is -2.11. The van der Waals surface area contributed by atoms with Gasteiger partial charge in [0.2, 0.25) is 0 Å². The van der Waals surface area contributed by atoms with Crippen molar-refractivity contribution in [2.24, 2.45) is 0 Å². The van der Waals surface area contributed by atoms with Crippen molar-refractivity contribution in [3.8, 4) is 10.9 Å². The molecule has 0 amide bonds. The number of aromatic nitrogens is 2. The highest BCUT2D eigenvalue weighted by Crippen LogP contribution is 2.38. The van der Waals surface area contributed by atoms with Gasteiger partial charge in [-0.25, -0.2) is 0 Å². The number of benzene rings is 1. The summed E-state index contributed by atoms with van der Waals surface area (Å²) in [5.74, 6) is -0.163. The summed E-state index contributed by atoms with van der Waals surface area (Å²) in [7, 11) is 0. The van der Waals surface area contributed by atoms with Crippen molar-refractivity contribution in [1.82, 2.24) is 10.2 Å². The maximum atomic E-state index is 12.7. The Balaban J connectivity index is 2.29. The summed E-state index contributed by atoms with van der Waals surface area (Å²) in [6, 6.07) is 4.91. The minimum Gasteiger partial charge on any atom is -0.429 e. The first kappa shape index (κ1) is 13.1. The topological polar surface area (TPSA) is 35.0 Å². The van der Waals surface area contributed by atoms with Gasteiger partial charge >= 0.3 is 6.18 Å². The van der Waals surface area contributed by atoms with Gasteiger partial charge in [0, 0.05) is 0 Å². The summed E-state index contributed by atoms with van der Waals surface area (Å²) in [4.78, 5) is 0. The van der Waals surface area contributed by atoms with Gasteiger partial charge in [0.1, 0.15) is 10.8 Å². The van der Waals surface area contributed by atoms with Crippen molar-refractivity contribution in [1.29, 1.82) is 0 Å². The van der Waals surface area contributed by atoms with Gasteiger partial charge in [-0.2, -0.15) is 13.2 Å². The highest BCUT2D eigenvalue weighted by molar-refractivity contribution is 7.13. The number of alkyl halides is 4. The van der Waals surface area contributed by atoms with Crippen LogP contribution in [0.25, 0.3) is 0 Å². The molecule has 96 valence electrons. The highest BCUT2D eigenvalue weighted by atomic mass is 35.5. The molecule has 0 aliphatic heterocycles. The van der Waals surface area contributed by atoms with Crippen molar-refractivity contribution < 1.29 is 17.9 Å². The van der Waals surface area contributed by atoms with E-state index in [1.807, 2.05) is 0 Å². The fourth-order valence-electron chi connectivity index (χ4n) is 1.22. The van der Waals surface area contributed by atoms with E-state index in [4.69, 9.17) is 16.3 Å². The predicted octanol–water partition coefficient (Wildman–Crippen LogP) is 4.09. The molecule has 0 aliphatic rings.